The largest absolute Gasteiger partial charge is 0.351 e. The summed E-state index contributed by atoms with van der Waals surface area (Å²) in [6.45, 7) is 0. The molecule has 0 saturated heterocycles. The molecule has 2 aromatic heterocycles. The molecule has 0 radical (unpaired) electrons. The Morgan fingerprint density at radius 2 is 2.19 bits per heavy atom. The molecule has 1 amide bonds. The van der Waals surface area contributed by atoms with Crippen molar-refractivity contribution < 1.29 is 9.32 Å². The molecule has 2 heterocycles. The van der Waals surface area contributed by atoms with Gasteiger partial charge in [-0.3, -0.25) is 10.1 Å². The summed E-state index contributed by atoms with van der Waals surface area (Å²) < 4.78 is 5.99. The van der Waals surface area contributed by atoms with Gasteiger partial charge >= 0.3 is 0 Å². The predicted octanol–water partition coefficient (Wildman–Crippen LogP) is 3.55. The Morgan fingerprint density at radius 1 is 1.38 bits per heavy atom. The highest BCUT2D eigenvalue weighted by Gasteiger charge is 2.22. The van der Waals surface area contributed by atoms with Crippen LogP contribution in [0.15, 0.2) is 14.9 Å². The van der Waals surface area contributed by atoms with Crippen LogP contribution in [-0.2, 0) is 0 Å². The first kappa shape index (κ1) is 14.5. The van der Waals surface area contributed by atoms with Crippen LogP contribution in [0.5, 0.6) is 0 Å². The highest BCUT2D eigenvalue weighted by Crippen LogP contribution is 2.32. The van der Waals surface area contributed by atoms with Gasteiger partial charge in [0.15, 0.2) is 4.34 Å². The van der Waals surface area contributed by atoms with E-state index in [0.717, 1.165) is 22.9 Å². The number of hydrogen-bond donors (Lipinski definition) is 1. The van der Waals surface area contributed by atoms with Crippen LogP contribution in [0.1, 0.15) is 54.3 Å². The van der Waals surface area contributed by atoms with Crippen LogP contribution in [0.4, 0.5) is 5.13 Å². The SMILES string of the molecule is CSc1nnc(NC(=O)c2cc(C3CCCCC3)no2)s1. The van der Waals surface area contributed by atoms with E-state index in [9.17, 15) is 4.79 Å². The molecule has 21 heavy (non-hydrogen) atoms. The standard InChI is InChI=1S/C13H16N4O2S2/c1-20-13-16-15-12(21-13)14-11(18)10-7-9(17-19-10)8-5-3-2-4-6-8/h7-8H,2-6H2,1H3,(H,14,15,18). The van der Waals surface area contributed by atoms with E-state index in [-0.39, 0.29) is 11.7 Å². The van der Waals surface area contributed by atoms with Crippen LogP contribution in [-0.4, -0.2) is 27.5 Å². The summed E-state index contributed by atoms with van der Waals surface area (Å²) in [7, 11) is 0. The van der Waals surface area contributed by atoms with E-state index in [1.807, 2.05) is 6.26 Å². The Balaban J connectivity index is 1.66. The smallest absolute Gasteiger partial charge is 0.296 e. The number of hydrogen-bond acceptors (Lipinski definition) is 7. The molecule has 3 rings (SSSR count). The minimum atomic E-state index is -0.326. The fraction of sp³-hybridized carbons (Fsp3) is 0.538. The van der Waals surface area contributed by atoms with Crippen LogP contribution in [0.3, 0.4) is 0 Å². The van der Waals surface area contributed by atoms with Crippen molar-refractivity contribution in [1.29, 1.82) is 0 Å². The van der Waals surface area contributed by atoms with Crippen LogP contribution in [0, 0.1) is 0 Å². The van der Waals surface area contributed by atoms with E-state index in [4.69, 9.17) is 4.52 Å². The maximum Gasteiger partial charge on any atom is 0.296 e. The van der Waals surface area contributed by atoms with Crippen LogP contribution in [0.2, 0.25) is 0 Å². The summed E-state index contributed by atoms with van der Waals surface area (Å²) in [6, 6.07) is 1.75. The number of nitrogens with one attached hydrogen (secondary N) is 1. The molecule has 1 saturated carbocycles. The van der Waals surface area contributed by atoms with Crippen LogP contribution >= 0.6 is 23.1 Å². The Morgan fingerprint density at radius 3 is 2.90 bits per heavy atom. The number of anilines is 1. The lowest BCUT2D eigenvalue weighted by atomic mass is 9.87. The first-order valence-corrected chi connectivity index (χ1v) is 8.96. The third kappa shape index (κ3) is 3.44. The normalized spacial score (nSPS) is 16.0. The highest BCUT2D eigenvalue weighted by atomic mass is 32.2. The van der Waals surface area contributed by atoms with Gasteiger partial charge < -0.3 is 4.52 Å². The first-order chi connectivity index (χ1) is 10.3. The molecule has 0 atom stereocenters. The van der Waals surface area contributed by atoms with Crippen molar-refractivity contribution >= 4 is 34.1 Å². The van der Waals surface area contributed by atoms with Gasteiger partial charge in [0, 0.05) is 12.0 Å². The number of amides is 1. The third-order valence-electron chi connectivity index (χ3n) is 3.58. The molecule has 0 aromatic carbocycles. The van der Waals surface area contributed by atoms with E-state index in [1.54, 1.807) is 6.07 Å². The second kappa shape index (κ2) is 6.57. The van der Waals surface area contributed by atoms with E-state index in [2.05, 4.69) is 20.7 Å². The monoisotopic (exact) mass is 324 g/mol. The summed E-state index contributed by atoms with van der Waals surface area (Å²) in [5.74, 6) is 0.332. The molecule has 2 aromatic rings. The summed E-state index contributed by atoms with van der Waals surface area (Å²) in [5.41, 5.74) is 0.891. The molecule has 0 bridgehead atoms. The number of thioether (sulfide) groups is 1. The summed E-state index contributed by atoms with van der Waals surface area (Å²) in [5, 5.41) is 15.0. The molecule has 8 heteroatoms. The van der Waals surface area contributed by atoms with Crippen LogP contribution in [0.25, 0.3) is 0 Å². The Hall–Kier alpha value is -1.41. The first-order valence-electron chi connectivity index (χ1n) is 6.91. The highest BCUT2D eigenvalue weighted by molar-refractivity contribution is 8.00. The van der Waals surface area contributed by atoms with Gasteiger partial charge in [0.1, 0.15) is 0 Å². The second-order valence-electron chi connectivity index (χ2n) is 4.98. The number of carbonyl (C=O) groups excluding carboxylic acids is 1. The molecule has 6 nitrogen and oxygen atoms in total. The van der Waals surface area contributed by atoms with E-state index in [0.29, 0.717) is 11.0 Å². The van der Waals surface area contributed by atoms with Crippen molar-refractivity contribution in [3.8, 4) is 0 Å². The number of carbonyl (C=O) groups is 1. The Bertz CT molecular complexity index is 619. The predicted molar refractivity (Wildman–Crippen MR) is 82.0 cm³/mol. The van der Waals surface area contributed by atoms with Gasteiger partial charge in [-0.05, 0) is 19.1 Å². The van der Waals surface area contributed by atoms with Gasteiger partial charge in [0.05, 0.1) is 5.69 Å². The summed E-state index contributed by atoms with van der Waals surface area (Å²) >= 11 is 2.83. The van der Waals surface area contributed by atoms with E-state index in [1.165, 1.54) is 42.4 Å². The average molecular weight is 324 g/mol. The van der Waals surface area contributed by atoms with Crippen molar-refractivity contribution in [3.05, 3.63) is 17.5 Å². The van der Waals surface area contributed by atoms with Crippen molar-refractivity contribution in [2.45, 2.75) is 42.4 Å². The number of nitrogens with zero attached hydrogens (tertiary/aromatic N) is 3. The van der Waals surface area contributed by atoms with E-state index >= 15 is 0 Å². The zero-order valence-electron chi connectivity index (χ0n) is 11.7. The third-order valence-corrected chi connectivity index (χ3v) is 5.39. The van der Waals surface area contributed by atoms with Gasteiger partial charge in [-0.1, -0.05) is 47.5 Å². The van der Waals surface area contributed by atoms with Crippen LogP contribution < -0.4 is 5.32 Å². The fourth-order valence-electron chi connectivity index (χ4n) is 2.49. The molecule has 0 unspecified atom stereocenters. The molecule has 1 aliphatic rings. The lowest BCUT2D eigenvalue weighted by molar-refractivity contribution is 0.0987. The van der Waals surface area contributed by atoms with Gasteiger partial charge in [-0.25, -0.2) is 0 Å². The maximum absolute atomic E-state index is 12.1. The molecular weight excluding hydrogens is 308 g/mol. The van der Waals surface area contributed by atoms with Gasteiger partial charge in [0.25, 0.3) is 5.91 Å². The van der Waals surface area contributed by atoms with Crippen molar-refractivity contribution in [3.63, 3.8) is 0 Å². The van der Waals surface area contributed by atoms with Gasteiger partial charge in [-0.2, -0.15) is 0 Å². The van der Waals surface area contributed by atoms with Gasteiger partial charge in [-0.15, -0.1) is 10.2 Å². The lowest BCUT2D eigenvalue weighted by Gasteiger charge is -2.18. The minimum Gasteiger partial charge on any atom is -0.351 e. The molecule has 1 aliphatic carbocycles. The topological polar surface area (TPSA) is 80.9 Å². The lowest BCUT2D eigenvalue weighted by Crippen LogP contribution is -2.10. The summed E-state index contributed by atoms with van der Waals surface area (Å²) in [4.78, 5) is 12.1. The quantitative estimate of drug-likeness (QED) is 0.684. The Labute approximate surface area is 130 Å². The molecular formula is C13H16N4O2S2. The molecule has 0 aliphatic heterocycles. The molecule has 0 spiro atoms. The summed E-state index contributed by atoms with van der Waals surface area (Å²) in [6.07, 6.45) is 7.90. The molecule has 1 fully saturated rings. The van der Waals surface area contributed by atoms with Crippen molar-refractivity contribution in [1.82, 2.24) is 15.4 Å². The van der Waals surface area contributed by atoms with Gasteiger partial charge in [0.2, 0.25) is 10.9 Å². The van der Waals surface area contributed by atoms with Crippen molar-refractivity contribution in [2.24, 2.45) is 0 Å². The fourth-order valence-corrected chi connectivity index (χ4v) is 3.65. The molecule has 1 N–H and O–H groups in total. The minimum absolute atomic E-state index is 0.233. The van der Waals surface area contributed by atoms with Crippen molar-refractivity contribution in [2.75, 3.05) is 11.6 Å². The average Bonchev–Trinajstić information content (AvgIpc) is 3.17. The Kier molecular flexibility index (Phi) is 4.54. The number of aromatic nitrogens is 3. The molecule has 112 valence electrons. The second-order valence-corrected chi connectivity index (χ2v) is 7.01. The maximum atomic E-state index is 12.1. The zero-order valence-corrected chi connectivity index (χ0v) is 13.3. The number of rotatable bonds is 4. The van der Waals surface area contributed by atoms with E-state index < -0.39 is 0 Å². The zero-order chi connectivity index (χ0) is 14.7.